The number of hydrogen-bond acceptors (Lipinski definition) is 4. The van der Waals surface area contributed by atoms with E-state index >= 15 is 0 Å². The van der Waals surface area contributed by atoms with Crippen LogP contribution in [0.4, 0.5) is 0 Å². The van der Waals surface area contributed by atoms with Gasteiger partial charge >= 0.3 is 5.97 Å². The van der Waals surface area contributed by atoms with E-state index in [4.69, 9.17) is 9.84 Å². The first kappa shape index (κ1) is 12.4. The zero-order valence-corrected chi connectivity index (χ0v) is 8.86. The van der Waals surface area contributed by atoms with Crippen molar-refractivity contribution in [3.63, 3.8) is 0 Å². The van der Waals surface area contributed by atoms with Gasteiger partial charge in [-0.3, -0.25) is 9.59 Å². The fourth-order valence-electron chi connectivity index (χ4n) is 1.38. The molecule has 3 N–H and O–H groups in total. The molecule has 1 aliphatic rings. The number of carboxylic acids is 1. The van der Waals surface area contributed by atoms with Crippen molar-refractivity contribution in [2.24, 2.45) is 0 Å². The zero-order chi connectivity index (χ0) is 12.1. The van der Waals surface area contributed by atoms with E-state index < -0.39 is 24.1 Å². The molecule has 0 radical (unpaired) electrons. The van der Waals surface area contributed by atoms with Crippen molar-refractivity contribution in [1.82, 2.24) is 10.6 Å². The average Bonchev–Trinajstić information content (AvgIpc) is 2.74. The Morgan fingerprint density at radius 1 is 1.31 bits per heavy atom. The van der Waals surface area contributed by atoms with Crippen LogP contribution in [0.25, 0.3) is 0 Å². The zero-order valence-electron chi connectivity index (χ0n) is 8.86. The third-order valence-corrected chi connectivity index (χ3v) is 2.29. The van der Waals surface area contributed by atoms with Gasteiger partial charge < -0.3 is 20.5 Å². The van der Waals surface area contributed by atoms with Crippen LogP contribution in [-0.2, 0) is 19.1 Å². The molecule has 0 aliphatic carbocycles. The standard InChI is InChI=1S/C9H14N2O5/c1-10-7(12)4-11-8(13)5-2-3-6(16-5)9(14)15/h5-6H,2-4H2,1H3,(H,10,12)(H,11,13)(H,14,15). The second-order valence-corrected chi connectivity index (χ2v) is 3.42. The lowest BCUT2D eigenvalue weighted by Gasteiger charge is -2.11. The molecule has 2 atom stereocenters. The predicted molar refractivity (Wildman–Crippen MR) is 52.6 cm³/mol. The van der Waals surface area contributed by atoms with E-state index in [0.29, 0.717) is 12.8 Å². The smallest absolute Gasteiger partial charge is 0.332 e. The molecule has 7 nitrogen and oxygen atoms in total. The van der Waals surface area contributed by atoms with Gasteiger partial charge in [0.2, 0.25) is 11.8 Å². The van der Waals surface area contributed by atoms with Crippen LogP contribution in [0, 0.1) is 0 Å². The molecule has 0 aromatic carbocycles. The first-order chi connectivity index (χ1) is 7.54. The molecular weight excluding hydrogens is 216 g/mol. The molecule has 0 spiro atoms. The van der Waals surface area contributed by atoms with Crippen LogP contribution in [0.1, 0.15) is 12.8 Å². The lowest BCUT2D eigenvalue weighted by atomic mass is 10.2. The van der Waals surface area contributed by atoms with Crippen molar-refractivity contribution in [2.75, 3.05) is 13.6 Å². The minimum atomic E-state index is -1.07. The highest BCUT2D eigenvalue weighted by Gasteiger charge is 2.34. The molecule has 1 saturated heterocycles. The Kier molecular flexibility index (Phi) is 4.24. The maximum absolute atomic E-state index is 11.4. The van der Waals surface area contributed by atoms with Crippen LogP contribution >= 0.6 is 0 Å². The number of amides is 2. The number of carbonyl (C=O) groups is 3. The Labute approximate surface area is 92.1 Å². The third kappa shape index (κ3) is 3.20. The molecule has 16 heavy (non-hydrogen) atoms. The third-order valence-electron chi connectivity index (χ3n) is 2.29. The number of likely N-dealkylation sites (N-methyl/N-ethyl adjacent to an activating group) is 1. The van der Waals surface area contributed by atoms with Crippen LogP contribution in [0.5, 0.6) is 0 Å². The van der Waals surface area contributed by atoms with Crippen LogP contribution in [0.2, 0.25) is 0 Å². The van der Waals surface area contributed by atoms with Crippen LogP contribution in [-0.4, -0.2) is 48.7 Å². The van der Waals surface area contributed by atoms with Gasteiger partial charge in [-0.25, -0.2) is 4.79 Å². The summed E-state index contributed by atoms with van der Waals surface area (Å²) in [4.78, 5) is 32.8. The second-order valence-electron chi connectivity index (χ2n) is 3.42. The Bertz CT molecular complexity index is 304. The van der Waals surface area contributed by atoms with Crippen LogP contribution < -0.4 is 10.6 Å². The molecule has 1 fully saturated rings. The number of carboxylic acid groups (broad SMARTS) is 1. The van der Waals surface area contributed by atoms with Crippen molar-refractivity contribution in [3.05, 3.63) is 0 Å². The second kappa shape index (κ2) is 5.45. The quantitative estimate of drug-likeness (QED) is 0.544. The summed E-state index contributed by atoms with van der Waals surface area (Å²) < 4.78 is 5.01. The topological polar surface area (TPSA) is 105 Å². The highest BCUT2D eigenvalue weighted by atomic mass is 16.5. The van der Waals surface area contributed by atoms with Gasteiger partial charge in [-0.15, -0.1) is 0 Å². The first-order valence-electron chi connectivity index (χ1n) is 4.91. The lowest BCUT2D eigenvalue weighted by Crippen LogP contribution is -2.41. The summed E-state index contributed by atoms with van der Waals surface area (Å²) in [5.41, 5.74) is 0. The maximum Gasteiger partial charge on any atom is 0.332 e. The SMILES string of the molecule is CNC(=O)CNC(=O)C1CCC(C(=O)O)O1. The molecular formula is C9H14N2O5. The van der Waals surface area contributed by atoms with Crippen molar-refractivity contribution < 1.29 is 24.2 Å². The van der Waals surface area contributed by atoms with Crippen molar-refractivity contribution in [3.8, 4) is 0 Å². The number of hydrogen-bond donors (Lipinski definition) is 3. The summed E-state index contributed by atoms with van der Waals surface area (Å²) in [6, 6.07) is 0. The molecule has 0 saturated carbocycles. The molecule has 0 aromatic heterocycles. The van der Waals surface area contributed by atoms with E-state index in [2.05, 4.69) is 10.6 Å². The first-order valence-corrected chi connectivity index (χ1v) is 4.91. The minimum Gasteiger partial charge on any atom is -0.479 e. The summed E-state index contributed by atoms with van der Waals surface area (Å²) in [7, 11) is 1.46. The summed E-state index contributed by atoms with van der Waals surface area (Å²) in [5.74, 6) is -1.84. The monoisotopic (exact) mass is 230 g/mol. The van der Waals surface area contributed by atoms with Gasteiger partial charge in [0.05, 0.1) is 6.54 Å². The minimum absolute atomic E-state index is 0.132. The highest BCUT2D eigenvalue weighted by Crippen LogP contribution is 2.19. The molecule has 0 bridgehead atoms. The Hall–Kier alpha value is -1.63. The number of carbonyl (C=O) groups excluding carboxylic acids is 2. The molecule has 2 unspecified atom stereocenters. The maximum atomic E-state index is 11.4. The average molecular weight is 230 g/mol. The molecule has 7 heteroatoms. The molecule has 1 heterocycles. The Balaban J connectivity index is 2.34. The molecule has 0 aromatic rings. The van der Waals surface area contributed by atoms with Gasteiger partial charge in [0, 0.05) is 7.05 Å². The number of ether oxygens (including phenoxy) is 1. The van der Waals surface area contributed by atoms with E-state index in [9.17, 15) is 14.4 Å². The molecule has 1 aliphatic heterocycles. The fourth-order valence-corrected chi connectivity index (χ4v) is 1.38. The summed E-state index contributed by atoms with van der Waals surface area (Å²) >= 11 is 0. The number of rotatable bonds is 4. The Morgan fingerprint density at radius 2 is 1.94 bits per heavy atom. The molecule has 1 rings (SSSR count). The van der Waals surface area contributed by atoms with Crippen LogP contribution in [0.15, 0.2) is 0 Å². The summed E-state index contributed by atoms with van der Waals surface area (Å²) in [5, 5.41) is 13.4. The van der Waals surface area contributed by atoms with Gasteiger partial charge in [-0.2, -0.15) is 0 Å². The van der Waals surface area contributed by atoms with E-state index in [-0.39, 0.29) is 12.5 Å². The Morgan fingerprint density at radius 3 is 2.44 bits per heavy atom. The van der Waals surface area contributed by atoms with Crippen molar-refractivity contribution >= 4 is 17.8 Å². The van der Waals surface area contributed by atoms with Crippen molar-refractivity contribution in [1.29, 1.82) is 0 Å². The van der Waals surface area contributed by atoms with Gasteiger partial charge in [0.15, 0.2) is 6.10 Å². The molecule has 2 amide bonds. The fraction of sp³-hybridized carbons (Fsp3) is 0.667. The van der Waals surface area contributed by atoms with E-state index in [0.717, 1.165) is 0 Å². The lowest BCUT2D eigenvalue weighted by molar-refractivity contribution is -0.152. The largest absolute Gasteiger partial charge is 0.479 e. The van der Waals surface area contributed by atoms with Gasteiger partial charge in [-0.1, -0.05) is 0 Å². The predicted octanol–water partition coefficient (Wildman–Crippen LogP) is -1.52. The molecule has 90 valence electrons. The van der Waals surface area contributed by atoms with Crippen molar-refractivity contribution in [2.45, 2.75) is 25.0 Å². The van der Waals surface area contributed by atoms with E-state index in [1.165, 1.54) is 7.05 Å². The van der Waals surface area contributed by atoms with Gasteiger partial charge in [-0.05, 0) is 12.8 Å². The van der Waals surface area contributed by atoms with E-state index in [1.807, 2.05) is 0 Å². The normalized spacial score (nSPS) is 23.8. The number of aliphatic carboxylic acids is 1. The highest BCUT2D eigenvalue weighted by molar-refractivity contribution is 5.87. The summed E-state index contributed by atoms with van der Waals surface area (Å²) in [6.45, 7) is -0.132. The van der Waals surface area contributed by atoms with Gasteiger partial charge in [0.25, 0.3) is 0 Å². The van der Waals surface area contributed by atoms with E-state index in [1.54, 1.807) is 0 Å². The number of nitrogens with one attached hydrogen (secondary N) is 2. The van der Waals surface area contributed by atoms with Gasteiger partial charge in [0.1, 0.15) is 6.10 Å². The summed E-state index contributed by atoms with van der Waals surface area (Å²) in [6.07, 6.45) is -1.02. The van der Waals surface area contributed by atoms with Crippen LogP contribution in [0.3, 0.4) is 0 Å².